The lowest BCUT2D eigenvalue weighted by Crippen LogP contribution is -2.59. The second-order valence-corrected chi connectivity index (χ2v) is 6.07. The number of pyridine rings is 1. The maximum Gasteiger partial charge on any atom is 0.128 e. The largest absolute Gasteiger partial charge is 0.496 e. The van der Waals surface area contributed by atoms with Crippen LogP contribution in [0.5, 0.6) is 5.75 Å². The van der Waals surface area contributed by atoms with Gasteiger partial charge in [-0.2, -0.15) is 0 Å². The van der Waals surface area contributed by atoms with E-state index < -0.39 is 0 Å². The third-order valence-corrected chi connectivity index (χ3v) is 4.84. The molecular formula is C16H30N4O. The Morgan fingerprint density at radius 3 is 2.48 bits per heavy atom. The predicted octanol–water partition coefficient (Wildman–Crippen LogP) is 1.81. The van der Waals surface area contributed by atoms with Crippen LogP contribution in [0.1, 0.15) is 37.1 Å². The molecule has 3 N–H and O–H groups in total. The van der Waals surface area contributed by atoms with E-state index in [4.69, 9.17) is 10.6 Å². The summed E-state index contributed by atoms with van der Waals surface area (Å²) in [6.45, 7) is 8.47. The standard InChI is InChI=1S/C16H30N4O/c1-8-16(4,20(5)6)14(19-17)9-13-12(3)15(21-7)11(2)10-18-13/h10,14,19H,8-9,17H2,1-7H3. The number of methoxy groups -OCH3 is 1. The minimum atomic E-state index is -0.0407. The number of hydrazine groups is 1. The molecule has 120 valence electrons. The molecule has 21 heavy (non-hydrogen) atoms. The molecule has 0 radical (unpaired) electrons. The monoisotopic (exact) mass is 294 g/mol. The third-order valence-electron chi connectivity index (χ3n) is 4.84. The van der Waals surface area contributed by atoms with Gasteiger partial charge >= 0.3 is 0 Å². The Labute approximate surface area is 128 Å². The van der Waals surface area contributed by atoms with Crippen molar-refractivity contribution in [1.82, 2.24) is 15.3 Å². The lowest BCUT2D eigenvalue weighted by atomic mass is 9.84. The minimum absolute atomic E-state index is 0.0407. The van der Waals surface area contributed by atoms with Crippen LogP contribution in [0, 0.1) is 13.8 Å². The zero-order chi connectivity index (χ0) is 16.2. The molecule has 0 saturated carbocycles. The molecule has 0 bridgehead atoms. The van der Waals surface area contributed by atoms with Gasteiger partial charge in [-0.25, -0.2) is 0 Å². The van der Waals surface area contributed by atoms with Crippen LogP contribution >= 0.6 is 0 Å². The summed E-state index contributed by atoms with van der Waals surface area (Å²) in [4.78, 5) is 6.81. The summed E-state index contributed by atoms with van der Waals surface area (Å²) in [6, 6.07) is 0.108. The average molecular weight is 294 g/mol. The van der Waals surface area contributed by atoms with E-state index in [0.717, 1.165) is 35.4 Å². The molecule has 0 saturated heterocycles. The van der Waals surface area contributed by atoms with E-state index in [2.05, 4.69) is 50.2 Å². The van der Waals surface area contributed by atoms with E-state index in [1.54, 1.807) is 7.11 Å². The van der Waals surface area contributed by atoms with Gasteiger partial charge in [-0.1, -0.05) is 6.92 Å². The fourth-order valence-corrected chi connectivity index (χ4v) is 2.80. The Kier molecular flexibility index (Phi) is 6.13. The van der Waals surface area contributed by atoms with E-state index in [-0.39, 0.29) is 11.6 Å². The van der Waals surface area contributed by atoms with Gasteiger partial charge in [-0.05, 0) is 41.3 Å². The highest BCUT2D eigenvalue weighted by Crippen LogP contribution is 2.28. The van der Waals surface area contributed by atoms with Crippen molar-refractivity contribution in [1.29, 1.82) is 0 Å². The number of aryl methyl sites for hydroxylation is 1. The van der Waals surface area contributed by atoms with Gasteiger partial charge in [0.1, 0.15) is 5.75 Å². The molecule has 2 atom stereocenters. The van der Waals surface area contributed by atoms with Crippen molar-refractivity contribution in [2.45, 2.75) is 52.1 Å². The van der Waals surface area contributed by atoms with Crippen molar-refractivity contribution in [2.24, 2.45) is 5.84 Å². The van der Waals surface area contributed by atoms with E-state index >= 15 is 0 Å². The molecular weight excluding hydrogens is 264 g/mol. The van der Waals surface area contributed by atoms with Gasteiger partial charge < -0.3 is 9.64 Å². The second kappa shape index (κ2) is 7.20. The number of likely N-dealkylation sites (N-methyl/N-ethyl adjacent to an activating group) is 1. The van der Waals surface area contributed by atoms with Gasteiger partial charge in [0.05, 0.1) is 7.11 Å². The quantitative estimate of drug-likeness (QED) is 0.593. The molecule has 0 aromatic carbocycles. The highest BCUT2D eigenvalue weighted by atomic mass is 16.5. The van der Waals surface area contributed by atoms with Crippen molar-refractivity contribution in [2.75, 3.05) is 21.2 Å². The number of hydrogen-bond acceptors (Lipinski definition) is 5. The third kappa shape index (κ3) is 3.54. The van der Waals surface area contributed by atoms with E-state index in [1.807, 2.05) is 13.1 Å². The summed E-state index contributed by atoms with van der Waals surface area (Å²) < 4.78 is 5.49. The number of rotatable bonds is 7. The van der Waals surface area contributed by atoms with Crippen molar-refractivity contribution < 1.29 is 4.74 Å². The summed E-state index contributed by atoms with van der Waals surface area (Å²) in [6.07, 6.45) is 3.63. The molecule has 0 aliphatic carbocycles. The number of aromatic nitrogens is 1. The van der Waals surface area contributed by atoms with Crippen LogP contribution in [0.25, 0.3) is 0 Å². The first kappa shape index (κ1) is 17.9. The fraction of sp³-hybridized carbons (Fsp3) is 0.688. The minimum Gasteiger partial charge on any atom is -0.496 e. The molecule has 0 spiro atoms. The van der Waals surface area contributed by atoms with Gasteiger partial charge in [-0.15, -0.1) is 0 Å². The first-order chi connectivity index (χ1) is 9.81. The molecule has 2 unspecified atom stereocenters. The summed E-state index contributed by atoms with van der Waals surface area (Å²) in [5.41, 5.74) is 6.12. The van der Waals surface area contributed by atoms with Crippen LogP contribution in [0.4, 0.5) is 0 Å². The second-order valence-electron chi connectivity index (χ2n) is 6.07. The molecule has 5 heteroatoms. The number of ether oxygens (including phenoxy) is 1. The maximum atomic E-state index is 5.83. The van der Waals surface area contributed by atoms with Crippen LogP contribution in [0.3, 0.4) is 0 Å². The van der Waals surface area contributed by atoms with Crippen molar-refractivity contribution in [3.8, 4) is 5.75 Å². The van der Waals surface area contributed by atoms with Crippen LogP contribution in [-0.2, 0) is 6.42 Å². The van der Waals surface area contributed by atoms with E-state index in [1.165, 1.54) is 0 Å². The number of nitrogens with two attached hydrogens (primary N) is 1. The van der Waals surface area contributed by atoms with Gasteiger partial charge in [0.15, 0.2) is 0 Å². The molecule has 1 aromatic heterocycles. The summed E-state index contributed by atoms with van der Waals surface area (Å²) in [5.74, 6) is 6.75. The zero-order valence-corrected chi connectivity index (χ0v) is 14.4. The van der Waals surface area contributed by atoms with Gasteiger partial charge in [0.25, 0.3) is 0 Å². The average Bonchev–Trinajstić information content (AvgIpc) is 2.46. The maximum absolute atomic E-state index is 5.83. The van der Waals surface area contributed by atoms with Crippen LogP contribution in [-0.4, -0.2) is 42.7 Å². The number of nitrogens with zero attached hydrogens (tertiary/aromatic N) is 2. The van der Waals surface area contributed by atoms with Gasteiger partial charge in [0, 0.05) is 41.0 Å². The molecule has 0 aliphatic heterocycles. The molecule has 1 rings (SSSR count). The van der Waals surface area contributed by atoms with E-state index in [9.17, 15) is 0 Å². The Hall–Kier alpha value is -1.17. The van der Waals surface area contributed by atoms with Crippen LogP contribution in [0.2, 0.25) is 0 Å². The van der Waals surface area contributed by atoms with Crippen LogP contribution in [0.15, 0.2) is 6.20 Å². The van der Waals surface area contributed by atoms with Crippen molar-refractivity contribution >= 4 is 0 Å². The Morgan fingerprint density at radius 2 is 2.05 bits per heavy atom. The SMILES string of the molecule is CCC(C)(C(Cc1ncc(C)c(OC)c1C)NN)N(C)C. The van der Waals surface area contributed by atoms with E-state index in [0.29, 0.717) is 0 Å². The van der Waals surface area contributed by atoms with Crippen LogP contribution < -0.4 is 16.0 Å². The summed E-state index contributed by atoms with van der Waals surface area (Å²) in [7, 11) is 5.88. The van der Waals surface area contributed by atoms with Gasteiger partial charge in [0.2, 0.25) is 0 Å². The molecule has 0 aliphatic rings. The molecule has 0 amide bonds. The molecule has 1 heterocycles. The van der Waals surface area contributed by atoms with Gasteiger partial charge in [-0.3, -0.25) is 16.3 Å². The first-order valence-electron chi connectivity index (χ1n) is 7.44. The molecule has 0 fully saturated rings. The normalized spacial score (nSPS) is 15.9. The Bertz CT molecular complexity index is 476. The number of nitrogens with one attached hydrogen (secondary N) is 1. The zero-order valence-electron chi connectivity index (χ0n) is 14.4. The lowest BCUT2D eigenvalue weighted by molar-refractivity contribution is 0.112. The fourth-order valence-electron chi connectivity index (χ4n) is 2.80. The Balaban J connectivity index is 3.13. The van der Waals surface area contributed by atoms with Crippen molar-refractivity contribution in [3.05, 3.63) is 23.0 Å². The first-order valence-corrected chi connectivity index (χ1v) is 7.44. The summed E-state index contributed by atoms with van der Waals surface area (Å²) >= 11 is 0. The highest BCUT2D eigenvalue weighted by molar-refractivity contribution is 5.41. The van der Waals surface area contributed by atoms with Crippen molar-refractivity contribution in [3.63, 3.8) is 0 Å². The highest BCUT2D eigenvalue weighted by Gasteiger charge is 2.34. The molecule has 5 nitrogen and oxygen atoms in total. The molecule has 1 aromatic rings. The number of hydrogen-bond donors (Lipinski definition) is 2. The Morgan fingerprint density at radius 1 is 1.43 bits per heavy atom. The lowest BCUT2D eigenvalue weighted by Gasteiger charge is -2.42. The smallest absolute Gasteiger partial charge is 0.128 e. The predicted molar refractivity (Wildman–Crippen MR) is 87.5 cm³/mol. The summed E-state index contributed by atoms with van der Waals surface area (Å²) in [5, 5.41) is 0. The topological polar surface area (TPSA) is 63.4 Å².